The molecular formula is C56H51Cl2N9O17. The van der Waals surface area contributed by atoms with Crippen LogP contribution in [0.2, 0.25) is 10.0 Å². The Balaban J connectivity index is 1.23. The van der Waals surface area contributed by atoms with Crippen molar-refractivity contribution in [3.8, 4) is 57.1 Å². The molecule has 6 aromatic carbocycles. The van der Waals surface area contributed by atoms with Gasteiger partial charge in [0.15, 0.2) is 17.5 Å². The fourth-order valence-electron chi connectivity index (χ4n) is 9.80. The highest BCUT2D eigenvalue weighted by molar-refractivity contribution is 6.32. The number of rotatable bonds is 8. The number of hydrogen-bond donors (Lipinski definition) is 16. The number of carboxylic acids is 1. The van der Waals surface area contributed by atoms with Gasteiger partial charge in [-0.1, -0.05) is 53.5 Å². The summed E-state index contributed by atoms with van der Waals surface area (Å²) in [6.45, 7) is 0. The lowest BCUT2D eigenvalue weighted by Crippen LogP contribution is -2.59. The Labute approximate surface area is 484 Å². The lowest BCUT2D eigenvalue weighted by molar-refractivity contribution is -0.143. The van der Waals surface area contributed by atoms with Crippen molar-refractivity contribution in [1.29, 1.82) is 0 Å². The molecule has 0 aliphatic carbocycles. The van der Waals surface area contributed by atoms with Gasteiger partial charge in [0.05, 0.1) is 22.5 Å². The summed E-state index contributed by atoms with van der Waals surface area (Å²) in [7, 11) is 1.46. The first-order valence-electron chi connectivity index (χ1n) is 25.3. The van der Waals surface area contributed by atoms with Crippen molar-refractivity contribution in [2.75, 3.05) is 12.8 Å². The third kappa shape index (κ3) is 12.2. The van der Waals surface area contributed by atoms with Gasteiger partial charge in [0.25, 0.3) is 0 Å². The number of nitrogens with one attached hydrogen (secondary N) is 7. The third-order valence-electron chi connectivity index (χ3n) is 14.0. The number of primary amides is 1. The SMILES string of the molecule is CN[C@H](Cc1cccc(N)c1)C(=O)N[C@H]1C(=O)N[C@@H](CC(N)=O)C(=O)N[C@H]2C(=O)N[C@H]3C(=O)N[C@H](C(=O)N[C@H](C(=O)O)c4cc(O)cc(O)c4-c4cc3ccc4O)[C@H](O)c3ccc(c(Cl)c3)Oc3cc2cc(c3O)Oc2ccc(cc2Cl)[C@H]1O. The summed E-state index contributed by atoms with van der Waals surface area (Å²) in [6.07, 6.45) is -5.10. The number of benzene rings is 6. The zero-order valence-corrected chi connectivity index (χ0v) is 45.1. The quantitative estimate of drug-likeness (QED) is 0.0971. The Morgan fingerprint density at radius 2 is 1.25 bits per heavy atom. The van der Waals surface area contributed by atoms with Gasteiger partial charge in [-0.05, 0) is 108 Å². The van der Waals surface area contributed by atoms with Crippen molar-refractivity contribution in [2.45, 2.75) is 67.3 Å². The van der Waals surface area contributed by atoms with Crippen LogP contribution in [-0.4, -0.2) is 114 Å². The van der Waals surface area contributed by atoms with Gasteiger partial charge >= 0.3 is 5.97 Å². The molecule has 84 heavy (non-hydrogen) atoms. The Morgan fingerprint density at radius 1 is 0.643 bits per heavy atom. The highest BCUT2D eigenvalue weighted by Crippen LogP contribution is 2.47. The average Bonchev–Trinajstić information content (AvgIpc) is 3.59. The number of phenolic OH excluding ortho intramolecular Hbond substituents is 4. The number of phenols is 4. The number of fused-ring (bicyclic) bond motifs is 15. The number of nitrogen functional groups attached to an aromatic ring is 1. The van der Waals surface area contributed by atoms with E-state index in [1.165, 1.54) is 25.2 Å². The summed E-state index contributed by atoms with van der Waals surface area (Å²) in [5, 5.41) is 96.4. The zero-order valence-electron chi connectivity index (χ0n) is 43.5. The van der Waals surface area contributed by atoms with E-state index in [0.29, 0.717) is 11.3 Å². The summed E-state index contributed by atoms with van der Waals surface area (Å²) in [5.41, 5.74) is 10.2. The molecule has 0 fully saturated rings. The minimum Gasteiger partial charge on any atom is -0.508 e. The van der Waals surface area contributed by atoms with E-state index in [4.69, 9.17) is 44.1 Å². The van der Waals surface area contributed by atoms with Crippen LogP contribution >= 0.6 is 23.2 Å². The number of carboxylic acid groups (broad SMARTS) is 1. The Bertz CT molecular complexity index is 3720. The van der Waals surface area contributed by atoms with E-state index in [1.807, 2.05) is 0 Å². The minimum atomic E-state index is -2.20. The van der Waals surface area contributed by atoms with Crippen molar-refractivity contribution in [2.24, 2.45) is 5.73 Å². The lowest BCUT2D eigenvalue weighted by atomic mass is 9.89. The fourth-order valence-corrected chi connectivity index (χ4v) is 10.3. The Morgan fingerprint density at radius 3 is 1.86 bits per heavy atom. The summed E-state index contributed by atoms with van der Waals surface area (Å²) in [5.74, 6) is -15.2. The van der Waals surface area contributed by atoms with Crippen molar-refractivity contribution >= 4 is 76.2 Å². The first kappa shape index (κ1) is 58.8. The van der Waals surface area contributed by atoms with Gasteiger partial charge in [0.2, 0.25) is 47.1 Å². The lowest BCUT2D eigenvalue weighted by Gasteiger charge is -2.31. The van der Waals surface area contributed by atoms with Crippen LogP contribution in [-0.2, 0) is 44.8 Å². The number of nitrogens with two attached hydrogens (primary N) is 2. The molecule has 5 aliphatic heterocycles. The van der Waals surface area contributed by atoms with E-state index < -0.39 is 159 Å². The number of carbonyl (C=O) groups is 8. The molecule has 6 aromatic rings. The molecule has 9 atom stereocenters. The molecule has 11 rings (SSSR count). The Hall–Kier alpha value is -9.86. The van der Waals surface area contributed by atoms with Gasteiger partial charge in [-0.2, -0.15) is 0 Å². The predicted octanol–water partition coefficient (Wildman–Crippen LogP) is 2.17. The van der Waals surface area contributed by atoms with E-state index in [2.05, 4.69) is 37.2 Å². The number of aliphatic hydroxyl groups is 2. The van der Waals surface area contributed by atoms with Crippen LogP contribution in [0, 0.1) is 0 Å². The molecule has 7 amide bonds. The number of anilines is 1. The summed E-state index contributed by atoms with van der Waals surface area (Å²) in [4.78, 5) is 114. The van der Waals surface area contributed by atoms with Crippen LogP contribution in [0.15, 0.2) is 103 Å². The standard InChI is InChI=1S/C56H51Cl2N9O17/c1-61-32(12-21-3-2-4-26(59)11-21)50(75)66-45-47(72)23-6-9-36(30(57)14-23)83-38-16-25-17-39(49(38)74)84-37-10-7-24(15-31(37)58)48(73)46-55(80)65-44(56(81)82)29-18-27(68)19-35(70)41(29)28-13-22(5-8-34(28)69)42(52(77)67-46)64-53(78)43(25)63-51(76)33(20-40(60)71)62-54(45)79/h2-11,13-19,32-33,42-48,61,68-70,72-74H,12,20,59H2,1H3,(H2,60,71)(H,62,79)(H,63,76)(H,64,78)(H,65,80)(H,66,75)(H,67,77)(H,81,82)/t32-,33+,42-,43-,44+,45-,46+,47-,48-/m1/s1. The largest absolute Gasteiger partial charge is 0.508 e. The van der Waals surface area contributed by atoms with Gasteiger partial charge in [0.1, 0.15) is 71.2 Å². The number of carbonyl (C=O) groups excluding carboxylic acids is 7. The molecule has 5 aliphatic rings. The molecule has 0 saturated heterocycles. The number of aromatic hydroxyl groups is 4. The maximum atomic E-state index is 15.4. The molecule has 11 bridgehead atoms. The summed E-state index contributed by atoms with van der Waals surface area (Å²) in [6, 6.07) is 6.76. The van der Waals surface area contributed by atoms with Crippen LogP contribution < -0.4 is 58.2 Å². The molecule has 0 radical (unpaired) electrons. The van der Waals surface area contributed by atoms with Gasteiger partial charge in [-0.15, -0.1) is 0 Å². The number of aliphatic carboxylic acids is 1. The monoisotopic (exact) mass is 1190 g/mol. The molecule has 5 heterocycles. The third-order valence-corrected chi connectivity index (χ3v) is 14.6. The highest BCUT2D eigenvalue weighted by Gasteiger charge is 2.42. The van der Waals surface area contributed by atoms with Crippen LogP contribution in [0.25, 0.3) is 11.1 Å². The molecular weight excluding hydrogens is 1140 g/mol. The van der Waals surface area contributed by atoms with Crippen molar-refractivity contribution < 1.29 is 83.6 Å². The van der Waals surface area contributed by atoms with E-state index >= 15 is 9.59 Å². The minimum absolute atomic E-state index is 0.0232. The Kier molecular flexibility index (Phi) is 16.7. The van der Waals surface area contributed by atoms with Crippen LogP contribution in [0.4, 0.5) is 5.69 Å². The molecule has 0 saturated carbocycles. The van der Waals surface area contributed by atoms with Gasteiger partial charge in [-0.3, -0.25) is 33.6 Å². The highest BCUT2D eigenvalue weighted by atomic mass is 35.5. The number of likely N-dealkylation sites (N-methyl/N-ethyl adjacent to an activating group) is 1. The van der Waals surface area contributed by atoms with Crippen LogP contribution in [0.5, 0.6) is 46.0 Å². The molecule has 436 valence electrons. The maximum absolute atomic E-state index is 15.4. The van der Waals surface area contributed by atoms with Crippen molar-refractivity contribution in [3.05, 3.63) is 147 Å². The van der Waals surface area contributed by atoms with Gasteiger partial charge in [0, 0.05) is 28.4 Å². The molecule has 28 heteroatoms. The summed E-state index contributed by atoms with van der Waals surface area (Å²) >= 11 is 13.5. The predicted molar refractivity (Wildman–Crippen MR) is 295 cm³/mol. The second kappa shape index (κ2) is 23.9. The zero-order chi connectivity index (χ0) is 60.6. The maximum Gasteiger partial charge on any atom is 0.330 e. The molecule has 0 unspecified atom stereocenters. The second-order valence-corrected chi connectivity index (χ2v) is 20.5. The van der Waals surface area contributed by atoms with E-state index in [1.54, 1.807) is 24.3 Å². The van der Waals surface area contributed by atoms with E-state index in [0.717, 1.165) is 60.7 Å². The van der Waals surface area contributed by atoms with Crippen LogP contribution in [0.1, 0.15) is 70.1 Å². The summed E-state index contributed by atoms with van der Waals surface area (Å²) < 4.78 is 12.3. The molecule has 18 N–H and O–H groups in total. The molecule has 0 aromatic heterocycles. The number of aliphatic hydroxyl groups excluding tert-OH is 2. The van der Waals surface area contributed by atoms with Gasteiger partial charge < -0.3 is 93.9 Å². The number of hydrogen-bond acceptors (Lipinski definition) is 18. The first-order chi connectivity index (χ1) is 39.9. The number of amides is 7. The smallest absolute Gasteiger partial charge is 0.330 e. The topological polar surface area (TPSA) is 433 Å². The number of halogens is 2. The van der Waals surface area contributed by atoms with Crippen molar-refractivity contribution in [1.82, 2.24) is 37.2 Å². The van der Waals surface area contributed by atoms with Crippen molar-refractivity contribution in [3.63, 3.8) is 0 Å². The average molecular weight is 1190 g/mol. The molecule has 0 spiro atoms. The van der Waals surface area contributed by atoms with Gasteiger partial charge in [-0.25, -0.2) is 4.79 Å². The second-order valence-electron chi connectivity index (χ2n) is 19.7. The van der Waals surface area contributed by atoms with E-state index in [-0.39, 0.29) is 50.2 Å². The normalized spacial score (nSPS) is 21.8. The number of ether oxygens (including phenoxy) is 2. The van der Waals surface area contributed by atoms with E-state index in [9.17, 15) is 64.5 Å². The molecule has 26 nitrogen and oxygen atoms in total. The first-order valence-corrected chi connectivity index (χ1v) is 26.1. The fraction of sp³-hybridized carbons (Fsp3) is 0.214. The van der Waals surface area contributed by atoms with Crippen LogP contribution in [0.3, 0.4) is 0 Å².